The molecular weight excluding hydrogens is 265 g/mol. The van der Waals surface area contributed by atoms with E-state index in [0.29, 0.717) is 10.6 Å². The van der Waals surface area contributed by atoms with Crippen LogP contribution in [-0.4, -0.2) is 42.5 Å². The van der Waals surface area contributed by atoms with Gasteiger partial charge in [-0.05, 0) is 26.1 Å². The molecule has 1 aromatic rings. The molecule has 0 spiro atoms. The van der Waals surface area contributed by atoms with Crippen molar-refractivity contribution in [2.24, 2.45) is 0 Å². The topological polar surface area (TPSA) is 30.3 Å². The second-order valence-corrected chi connectivity index (χ2v) is 5.42. The molecular formula is C14H17ClFN3. The Balaban J connectivity index is 2.33. The number of benzene rings is 1. The first-order valence-corrected chi connectivity index (χ1v) is 6.70. The number of nitriles is 1. The van der Waals surface area contributed by atoms with Gasteiger partial charge >= 0.3 is 0 Å². The van der Waals surface area contributed by atoms with Gasteiger partial charge in [0.2, 0.25) is 0 Å². The summed E-state index contributed by atoms with van der Waals surface area (Å²) < 4.78 is 14.0. The number of rotatable bonds is 2. The summed E-state index contributed by atoms with van der Waals surface area (Å²) in [5, 5.41) is 9.75. The molecule has 0 saturated carbocycles. The second-order valence-electron chi connectivity index (χ2n) is 5.02. The first kappa shape index (κ1) is 14.3. The molecule has 5 heteroatoms. The van der Waals surface area contributed by atoms with E-state index in [2.05, 4.69) is 17.9 Å². The monoisotopic (exact) mass is 281 g/mol. The van der Waals surface area contributed by atoms with E-state index >= 15 is 0 Å². The fourth-order valence-corrected chi connectivity index (χ4v) is 2.88. The lowest BCUT2D eigenvalue weighted by Gasteiger charge is -2.40. The van der Waals surface area contributed by atoms with Crippen LogP contribution in [0.3, 0.4) is 0 Å². The minimum Gasteiger partial charge on any atom is -0.304 e. The number of nitrogens with zero attached hydrogens (tertiary/aromatic N) is 3. The lowest BCUT2D eigenvalue weighted by Crippen LogP contribution is -2.51. The maximum atomic E-state index is 14.0. The van der Waals surface area contributed by atoms with Crippen LogP contribution in [0.5, 0.6) is 0 Å². The lowest BCUT2D eigenvalue weighted by atomic mass is 10.0. The van der Waals surface area contributed by atoms with E-state index in [0.717, 1.165) is 19.6 Å². The maximum Gasteiger partial charge on any atom is 0.130 e. The molecule has 1 aromatic carbocycles. The lowest BCUT2D eigenvalue weighted by molar-refractivity contribution is 0.0785. The predicted octanol–water partition coefficient (Wildman–Crippen LogP) is 2.68. The van der Waals surface area contributed by atoms with E-state index in [9.17, 15) is 9.65 Å². The summed E-state index contributed by atoms with van der Waals surface area (Å²) in [5.41, 5.74) is 0.295. The molecule has 0 aliphatic carbocycles. The molecule has 0 N–H and O–H groups in total. The van der Waals surface area contributed by atoms with Crippen molar-refractivity contribution < 1.29 is 4.39 Å². The zero-order chi connectivity index (χ0) is 14.0. The summed E-state index contributed by atoms with van der Waals surface area (Å²) in [5.74, 6) is -0.412. The standard InChI is InChI=1S/C14H17ClFN3/c1-10-9-18(2)6-7-19(10)13(8-17)14-11(15)4-3-5-12(14)16/h3-5,10,13H,6-7,9H2,1-2H3. The van der Waals surface area contributed by atoms with Gasteiger partial charge in [-0.1, -0.05) is 17.7 Å². The van der Waals surface area contributed by atoms with Crippen LogP contribution in [0.25, 0.3) is 0 Å². The van der Waals surface area contributed by atoms with Crippen LogP contribution in [0.4, 0.5) is 4.39 Å². The number of hydrogen-bond acceptors (Lipinski definition) is 3. The van der Waals surface area contributed by atoms with Gasteiger partial charge in [0.15, 0.2) is 0 Å². The summed E-state index contributed by atoms with van der Waals surface area (Å²) in [4.78, 5) is 4.23. The number of hydrogen-bond donors (Lipinski definition) is 0. The smallest absolute Gasteiger partial charge is 0.130 e. The summed E-state index contributed by atoms with van der Waals surface area (Å²) in [6.07, 6.45) is 0. The van der Waals surface area contributed by atoms with Crippen LogP contribution < -0.4 is 0 Å². The Morgan fingerprint density at radius 1 is 1.47 bits per heavy atom. The Morgan fingerprint density at radius 3 is 2.79 bits per heavy atom. The van der Waals surface area contributed by atoms with E-state index < -0.39 is 11.9 Å². The third kappa shape index (κ3) is 2.89. The number of likely N-dealkylation sites (N-methyl/N-ethyl adjacent to an activating group) is 1. The van der Waals surface area contributed by atoms with Crippen molar-refractivity contribution in [3.8, 4) is 6.07 Å². The molecule has 0 radical (unpaired) electrons. The van der Waals surface area contributed by atoms with Crippen molar-refractivity contribution in [2.45, 2.75) is 19.0 Å². The summed E-state index contributed by atoms with van der Waals surface area (Å²) in [7, 11) is 2.05. The van der Waals surface area contributed by atoms with Gasteiger partial charge in [-0.25, -0.2) is 4.39 Å². The van der Waals surface area contributed by atoms with E-state index in [-0.39, 0.29) is 6.04 Å². The fourth-order valence-electron chi connectivity index (χ4n) is 2.61. The Kier molecular flexibility index (Phi) is 4.41. The van der Waals surface area contributed by atoms with Gasteiger partial charge in [-0.3, -0.25) is 4.90 Å². The highest BCUT2D eigenvalue weighted by atomic mass is 35.5. The molecule has 1 fully saturated rings. The summed E-state index contributed by atoms with van der Waals surface area (Å²) in [6.45, 7) is 4.52. The Hall–Kier alpha value is -1.15. The zero-order valence-electron chi connectivity index (χ0n) is 11.1. The van der Waals surface area contributed by atoms with Gasteiger partial charge in [-0.2, -0.15) is 5.26 Å². The van der Waals surface area contributed by atoms with E-state index in [4.69, 9.17) is 11.6 Å². The molecule has 1 aliphatic rings. The van der Waals surface area contributed by atoms with Crippen molar-refractivity contribution in [1.82, 2.24) is 9.80 Å². The highest BCUT2D eigenvalue weighted by Crippen LogP contribution is 2.31. The van der Waals surface area contributed by atoms with E-state index in [1.807, 2.05) is 11.9 Å². The minimum atomic E-state index is -0.627. The molecule has 2 unspecified atom stereocenters. The molecule has 1 saturated heterocycles. The zero-order valence-corrected chi connectivity index (χ0v) is 11.9. The van der Waals surface area contributed by atoms with Crippen molar-refractivity contribution >= 4 is 11.6 Å². The third-order valence-corrected chi connectivity index (χ3v) is 3.94. The van der Waals surface area contributed by atoms with Gasteiger partial charge in [0.1, 0.15) is 11.9 Å². The first-order valence-electron chi connectivity index (χ1n) is 6.32. The fraction of sp³-hybridized carbons (Fsp3) is 0.500. The molecule has 102 valence electrons. The Bertz CT molecular complexity index is 480. The van der Waals surface area contributed by atoms with Crippen molar-refractivity contribution in [3.63, 3.8) is 0 Å². The quantitative estimate of drug-likeness (QED) is 0.835. The third-order valence-electron chi connectivity index (χ3n) is 3.61. The molecule has 0 amide bonds. The predicted molar refractivity (Wildman–Crippen MR) is 73.4 cm³/mol. The highest BCUT2D eigenvalue weighted by molar-refractivity contribution is 6.31. The summed E-state index contributed by atoms with van der Waals surface area (Å²) >= 11 is 6.07. The second kappa shape index (κ2) is 5.87. The molecule has 1 aliphatic heterocycles. The van der Waals surface area contributed by atoms with Crippen molar-refractivity contribution in [3.05, 3.63) is 34.6 Å². The van der Waals surface area contributed by atoms with Gasteiger partial charge in [-0.15, -0.1) is 0 Å². The number of piperazine rings is 1. The van der Waals surface area contributed by atoms with E-state index in [1.165, 1.54) is 6.07 Å². The summed E-state index contributed by atoms with van der Waals surface area (Å²) in [6, 6.07) is 6.31. The Labute approximate surface area is 118 Å². The Morgan fingerprint density at radius 2 is 2.21 bits per heavy atom. The van der Waals surface area contributed by atoms with Gasteiger partial charge in [0, 0.05) is 36.3 Å². The first-order chi connectivity index (χ1) is 9.04. The molecule has 0 aromatic heterocycles. The molecule has 2 rings (SSSR count). The molecule has 1 heterocycles. The molecule has 3 nitrogen and oxygen atoms in total. The molecule has 2 atom stereocenters. The van der Waals surface area contributed by atoms with Gasteiger partial charge in [0.05, 0.1) is 6.07 Å². The van der Waals surface area contributed by atoms with Crippen molar-refractivity contribution in [1.29, 1.82) is 5.26 Å². The van der Waals surface area contributed by atoms with Crippen LogP contribution in [0.1, 0.15) is 18.5 Å². The SMILES string of the molecule is CC1CN(C)CCN1C(C#N)c1c(F)cccc1Cl. The largest absolute Gasteiger partial charge is 0.304 e. The van der Waals surface area contributed by atoms with Crippen LogP contribution in [0, 0.1) is 17.1 Å². The average molecular weight is 282 g/mol. The highest BCUT2D eigenvalue weighted by Gasteiger charge is 2.31. The van der Waals surface area contributed by atoms with Crippen LogP contribution in [0.15, 0.2) is 18.2 Å². The van der Waals surface area contributed by atoms with E-state index in [1.54, 1.807) is 12.1 Å². The number of halogens is 2. The van der Waals surface area contributed by atoms with Gasteiger partial charge < -0.3 is 4.90 Å². The minimum absolute atomic E-state index is 0.194. The van der Waals surface area contributed by atoms with Gasteiger partial charge in [0.25, 0.3) is 0 Å². The van der Waals surface area contributed by atoms with Crippen LogP contribution in [-0.2, 0) is 0 Å². The average Bonchev–Trinajstić information content (AvgIpc) is 2.35. The molecule has 19 heavy (non-hydrogen) atoms. The maximum absolute atomic E-state index is 14.0. The van der Waals surface area contributed by atoms with Crippen molar-refractivity contribution in [2.75, 3.05) is 26.7 Å². The normalized spacial score (nSPS) is 23.0. The molecule has 0 bridgehead atoms. The van der Waals surface area contributed by atoms with Crippen LogP contribution in [0.2, 0.25) is 5.02 Å². The van der Waals surface area contributed by atoms with Crippen LogP contribution >= 0.6 is 11.6 Å².